The Morgan fingerprint density at radius 3 is 2.74 bits per heavy atom. The van der Waals surface area contributed by atoms with E-state index >= 15 is 0 Å². The van der Waals surface area contributed by atoms with Crippen LogP contribution in [0, 0.1) is 0 Å². The van der Waals surface area contributed by atoms with Gasteiger partial charge in [0.25, 0.3) is 0 Å². The summed E-state index contributed by atoms with van der Waals surface area (Å²) in [6, 6.07) is 0.414. The van der Waals surface area contributed by atoms with E-state index in [4.69, 9.17) is 4.74 Å². The summed E-state index contributed by atoms with van der Waals surface area (Å²) in [6.45, 7) is 3.93. The number of hydrogen-bond acceptors (Lipinski definition) is 4. The summed E-state index contributed by atoms with van der Waals surface area (Å²) in [6.07, 6.45) is 6.27. The molecule has 0 aromatic heterocycles. The Morgan fingerprint density at radius 2 is 2.05 bits per heavy atom. The SMILES string of the molecule is CCCCCCOCC(O)CNC1CCS(=O)CC1. The third-order valence-electron chi connectivity index (χ3n) is 3.48. The number of nitrogens with one attached hydrogen (secondary N) is 1. The summed E-state index contributed by atoms with van der Waals surface area (Å²) in [4.78, 5) is 0. The second-order valence-corrected chi connectivity index (χ2v) is 7.02. The molecule has 1 aliphatic rings. The van der Waals surface area contributed by atoms with Gasteiger partial charge in [-0.15, -0.1) is 0 Å². The Labute approximate surface area is 119 Å². The number of rotatable bonds is 10. The van der Waals surface area contributed by atoms with Crippen LogP contribution in [0.2, 0.25) is 0 Å². The largest absolute Gasteiger partial charge is 0.389 e. The molecule has 114 valence electrons. The highest BCUT2D eigenvalue weighted by Crippen LogP contribution is 2.08. The Hall–Kier alpha value is 0.0300. The Bertz CT molecular complexity index is 241. The zero-order chi connectivity index (χ0) is 13.9. The molecule has 0 radical (unpaired) electrons. The van der Waals surface area contributed by atoms with E-state index in [-0.39, 0.29) is 0 Å². The maximum absolute atomic E-state index is 11.2. The molecular weight excluding hydrogens is 262 g/mol. The number of ether oxygens (including phenoxy) is 1. The van der Waals surface area contributed by atoms with Gasteiger partial charge < -0.3 is 15.2 Å². The quantitative estimate of drug-likeness (QED) is 0.598. The van der Waals surface area contributed by atoms with Crippen LogP contribution in [0.4, 0.5) is 0 Å². The Kier molecular flexibility index (Phi) is 9.69. The third-order valence-corrected chi connectivity index (χ3v) is 4.86. The third kappa shape index (κ3) is 8.74. The van der Waals surface area contributed by atoms with E-state index < -0.39 is 16.9 Å². The van der Waals surface area contributed by atoms with Crippen LogP contribution < -0.4 is 5.32 Å². The minimum Gasteiger partial charge on any atom is -0.389 e. The van der Waals surface area contributed by atoms with Crippen molar-refractivity contribution in [2.24, 2.45) is 0 Å². The van der Waals surface area contributed by atoms with Crippen LogP contribution in [0.1, 0.15) is 45.4 Å². The van der Waals surface area contributed by atoms with Gasteiger partial charge in [-0.2, -0.15) is 0 Å². The fourth-order valence-electron chi connectivity index (χ4n) is 2.21. The van der Waals surface area contributed by atoms with Gasteiger partial charge in [-0.3, -0.25) is 4.21 Å². The van der Waals surface area contributed by atoms with Crippen molar-refractivity contribution in [1.29, 1.82) is 0 Å². The highest BCUT2D eigenvalue weighted by molar-refractivity contribution is 7.85. The molecule has 2 N–H and O–H groups in total. The van der Waals surface area contributed by atoms with E-state index in [9.17, 15) is 9.32 Å². The van der Waals surface area contributed by atoms with Gasteiger partial charge in [0.15, 0.2) is 0 Å². The van der Waals surface area contributed by atoms with Crippen LogP contribution in [-0.4, -0.2) is 52.7 Å². The zero-order valence-electron chi connectivity index (χ0n) is 12.1. The predicted octanol–water partition coefficient (Wildman–Crippen LogP) is 1.44. The lowest BCUT2D eigenvalue weighted by atomic mass is 10.1. The number of aliphatic hydroxyl groups excluding tert-OH is 1. The molecule has 4 nitrogen and oxygen atoms in total. The molecule has 1 unspecified atom stereocenters. The van der Waals surface area contributed by atoms with Crippen molar-refractivity contribution in [2.45, 2.75) is 57.6 Å². The van der Waals surface area contributed by atoms with E-state index in [2.05, 4.69) is 12.2 Å². The summed E-state index contributed by atoms with van der Waals surface area (Å²) in [5.41, 5.74) is 0. The second-order valence-electron chi connectivity index (χ2n) is 5.32. The van der Waals surface area contributed by atoms with Crippen molar-refractivity contribution in [3.63, 3.8) is 0 Å². The molecule has 1 heterocycles. The maximum atomic E-state index is 11.2. The molecule has 1 rings (SSSR count). The molecule has 1 aliphatic heterocycles. The first-order valence-electron chi connectivity index (χ1n) is 7.56. The molecule has 5 heteroatoms. The lowest BCUT2D eigenvalue weighted by Gasteiger charge is -2.24. The van der Waals surface area contributed by atoms with Gasteiger partial charge in [0.05, 0.1) is 12.7 Å². The Morgan fingerprint density at radius 1 is 1.32 bits per heavy atom. The summed E-state index contributed by atoms with van der Waals surface area (Å²) >= 11 is 0. The van der Waals surface area contributed by atoms with Crippen LogP contribution in [0.15, 0.2) is 0 Å². The predicted molar refractivity (Wildman–Crippen MR) is 79.9 cm³/mol. The van der Waals surface area contributed by atoms with Crippen LogP contribution >= 0.6 is 0 Å². The average Bonchev–Trinajstić information content (AvgIpc) is 2.42. The average molecular weight is 291 g/mol. The van der Waals surface area contributed by atoms with Crippen molar-refractivity contribution in [2.75, 3.05) is 31.3 Å². The van der Waals surface area contributed by atoms with E-state index in [0.29, 0.717) is 19.2 Å². The lowest BCUT2D eigenvalue weighted by molar-refractivity contribution is 0.0340. The van der Waals surface area contributed by atoms with Crippen molar-refractivity contribution in [3.05, 3.63) is 0 Å². The molecule has 0 aliphatic carbocycles. The van der Waals surface area contributed by atoms with Crippen molar-refractivity contribution < 1.29 is 14.1 Å². The first kappa shape index (κ1) is 17.1. The minimum atomic E-state index is -0.612. The molecule has 0 aromatic rings. The fourth-order valence-corrected chi connectivity index (χ4v) is 3.51. The van der Waals surface area contributed by atoms with Gasteiger partial charge in [0.1, 0.15) is 0 Å². The molecule has 0 spiro atoms. The minimum absolute atomic E-state index is 0.414. The molecule has 1 fully saturated rings. The van der Waals surface area contributed by atoms with Crippen LogP contribution in [-0.2, 0) is 15.5 Å². The molecule has 0 aromatic carbocycles. The fraction of sp³-hybridized carbons (Fsp3) is 1.00. The number of hydrogen-bond donors (Lipinski definition) is 2. The molecule has 19 heavy (non-hydrogen) atoms. The van der Waals surface area contributed by atoms with Gasteiger partial charge in [0, 0.05) is 41.5 Å². The lowest BCUT2D eigenvalue weighted by Crippen LogP contribution is -2.41. The molecule has 0 bridgehead atoms. The molecule has 0 saturated carbocycles. The maximum Gasteiger partial charge on any atom is 0.0897 e. The summed E-state index contributed by atoms with van der Waals surface area (Å²) < 4.78 is 16.7. The standard InChI is InChI=1S/C14H29NO3S/c1-2-3-4-5-8-18-12-14(16)11-15-13-6-9-19(17)10-7-13/h13-16H,2-12H2,1H3. The Balaban J connectivity index is 1.93. The van der Waals surface area contributed by atoms with Gasteiger partial charge in [-0.05, 0) is 19.3 Å². The number of unbranched alkanes of at least 4 members (excludes halogenated alkanes) is 3. The van der Waals surface area contributed by atoms with E-state index in [1.54, 1.807) is 0 Å². The first-order chi connectivity index (χ1) is 9.22. The van der Waals surface area contributed by atoms with Crippen LogP contribution in [0.3, 0.4) is 0 Å². The van der Waals surface area contributed by atoms with Crippen molar-refractivity contribution >= 4 is 10.8 Å². The zero-order valence-corrected chi connectivity index (χ0v) is 12.9. The second kappa shape index (κ2) is 10.8. The summed E-state index contributed by atoms with van der Waals surface area (Å²) in [7, 11) is -0.612. The van der Waals surface area contributed by atoms with E-state index in [1.807, 2.05) is 0 Å². The monoisotopic (exact) mass is 291 g/mol. The van der Waals surface area contributed by atoms with E-state index in [0.717, 1.165) is 37.4 Å². The smallest absolute Gasteiger partial charge is 0.0897 e. The highest BCUT2D eigenvalue weighted by atomic mass is 32.2. The summed E-state index contributed by atoms with van der Waals surface area (Å²) in [5.74, 6) is 1.59. The topological polar surface area (TPSA) is 58.6 Å². The number of aliphatic hydroxyl groups is 1. The summed E-state index contributed by atoms with van der Waals surface area (Å²) in [5, 5.41) is 13.1. The van der Waals surface area contributed by atoms with Crippen LogP contribution in [0.5, 0.6) is 0 Å². The van der Waals surface area contributed by atoms with Crippen molar-refractivity contribution in [1.82, 2.24) is 5.32 Å². The van der Waals surface area contributed by atoms with Gasteiger partial charge in [-0.1, -0.05) is 26.2 Å². The van der Waals surface area contributed by atoms with Crippen molar-refractivity contribution in [3.8, 4) is 0 Å². The normalized spacial score (nSPS) is 25.4. The van der Waals surface area contributed by atoms with Gasteiger partial charge in [-0.25, -0.2) is 0 Å². The molecule has 1 atom stereocenters. The van der Waals surface area contributed by atoms with E-state index in [1.165, 1.54) is 19.3 Å². The van der Waals surface area contributed by atoms with Crippen LogP contribution in [0.25, 0.3) is 0 Å². The van der Waals surface area contributed by atoms with Gasteiger partial charge in [0.2, 0.25) is 0 Å². The molecule has 0 amide bonds. The molecule has 1 saturated heterocycles. The highest BCUT2D eigenvalue weighted by Gasteiger charge is 2.18. The van der Waals surface area contributed by atoms with Gasteiger partial charge >= 0.3 is 0 Å². The molecular formula is C14H29NO3S. The first-order valence-corrected chi connectivity index (χ1v) is 9.05.